The quantitative estimate of drug-likeness (QED) is 0.240. The van der Waals surface area contributed by atoms with Crippen molar-refractivity contribution in [2.24, 2.45) is 0 Å². The number of fused-ring (bicyclic) bond motifs is 1. The second kappa shape index (κ2) is 8.79. The molecule has 6 rings (SSSR count). The van der Waals surface area contributed by atoms with Crippen LogP contribution in [0.2, 0.25) is 0 Å². The van der Waals surface area contributed by atoms with Crippen LogP contribution in [0.1, 0.15) is 23.6 Å². The van der Waals surface area contributed by atoms with E-state index in [4.69, 9.17) is 18.9 Å². The predicted octanol–water partition coefficient (Wildman–Crippen LogP) is 5.75. The Morgan fingerprint density at radius 1 is 0.647 bits per heavy atom. The minimum atomic E-state index is -0.347. The van der Waals surface area contributed by atoms with Crippen molar-refractivity contribution >= 4 is 10.8 Å². The van der Waals surface area contributed by atoms with Gasteiger partial charge in [0.15, 0.2) is 0 Å². The molecule has 4 nitrogen and oxygen atoms in total. The molecule has 0 bridgehead atoms. The van der Waals surface area contributed by atoms with Gasteiger partial charge in [0.1, 0.15) is 36.9 Å². The maximum atomic E-state index is 5.88. The summed E-state index contributed by atoms with van der Waals surface area (Å²) < 4.78 is 22.3. The first kappa shape index (κ1) is 21.2. The Bertz CT molecular complexity index is 1210. The van der Waals surface area contributed by atoms with Crippen molar-refractivity contribution in [3.8, 4) is 11.5 Å². The van der Waals surface area contributed by atoms with Crippen molar-refractivity contribution in [2.45, 2.75) is 24.5 Å². The predicted molar refractivity (Wildman–Crippen MR) is 133 cm³/mol. The highest BCUT2D eigenvalue weighted by atomic mass is 16.6. The maximum Gasteiger partial charge on any atom is 0.119 e. The molecule has 0 spiro atoms. The summed E-state index contributed by atoms with van der Waals surface area (Å²) in [4.78, 5) is 0. The van der Waals surface area contributed by atoms with Crippen LogP contribution in [-0.4, -0.2) is 38.6 Å². The molecule has 2 aliphatic rings. The zero-order valence-corrected chi connectivity index (χ0v) is 19.3. The van der Waals surface area contributed by atoms with E-state index in [2.05, 4.69) is 97.9 Å². The van der Waals surface area contributed by atoms with E-state index in [-0.39, 0.29) is 17.6 Å². The molecule has 2 heterocycles. The number of hydrogen-bond donors (Lipinski definition) is 0. The van der Waals surface area contributed by atoms with E-state index in [1.54, 1.807) is 0 Å². The van der Waals surface area contributed by atoms with Gasteiger partial charge in [0.2, 0.25) is 0 Å². The Kier molecular flexibility index (Phi) is 5.48. The minimum absolute atomic E-state index is 0.245. The third kappa shape index (κ3) is 4.39. The van der Waals surface area contributed by atoms with Gasteiger partial charge in [-0.15, -0.1) is 0 Å². The zero-order valence-electron chi connectivity index (χ0n) is 19.3. The van der Waals surface area contributed by atoms with Crippen LogP contribution in [0.3, 0.4) is 0 Å². The first-order valence-electron chi connectivity index (χ1n) is 11.9. The lowest BCUT2D eigenvalue weighted by atomic mass is 9.71. The summed E-state index contributed by atoms with van der Waals surface area (Å²) in [6, 6.07) is 32.2. The maximum absolute atomic E-state index is 5.88. The van der Waals surface area contributed by atoms with Crippen LogP contribution in [0, 0.1) is 0 Å². The van der Waals surface area contributed by atoms with E-state index < -0.39 is 0 Å². The molecule has 0 aromatic heterocycles. The van der Waals surface area contributed by atoms with Crippen molar-refractivity contribution in [3.05, 3.63) is 108 Å². The van der Waals surface area contributed by atoms with Crippen LogP contribution in [-0.2, 0) is 14.9 Å². The fourth-order valence-electron chi connectivity index (χ4n) is 4.48. The van der Waals surface area contributed by atoms with E-state index in [1.165, 1.54) is 27.5 Å². The molecule has 0 N–H and O–H groups in total. The highest BCUT2D eigenvalue weighted by molar-refractivity contribution is 5.83. The summed E-state index contributed by atoms with van der Waals surface area (Å²) in [5.74, 6) is 1.73. The fourth-order valence-corrected chi connectivity index (χ4v) is 4.48. The zero-order chi connectivity index (χ0) is 23.0. The SMILES string of the molecule is CC(c1ccc(OCC2CO2)cc1)(c1ccc(OCC2CO2)cc1)c1ccc2ccccc2c1. The fraction of sp³-hybridized carbons (Fsp3) is 0.267. The minimum Gasteiger partial charge on any atom is -0.491 e. The summed E-state index contributed by atoms with van der Waals surface area (Å²) in [5, 5.41) is 2.48. The Morgan fingerprint density at radius 2 is 1.12 bits per heavy atom. The summed E-state index contributed by atoms with van der Waals surface area (Å²) >= 11 is 0. The molecule has 0 radical (unpaired) electrons. The average molecular weight is 453 g/mol. The van der Waals surface area contributed by atoms with Crippen molar-refractivity contribution in [1.29, 1.82) is 0 Å². The van der Waals surface area contributed by atoms with Gasteiger partial charge in [0, 0.05) is 5.41 Å². The van der Waals surface area contributed by atoms with E-state index in [1.807, 2.05) is 0 Å². The van der Waals surface area contributed by atoms with Crippen LogP contribution in [0.5, 0.6) is 11.5 Å². The van der Waals surface area contributed by atoms with E-state index >= 15 is 0 Å². The third-order valence-electron chi connectivity index (χ3n) is 6.87. The first-order chi connectivity index (χ1) is 16.7. The molecule has 4 aromatic rings. The molecule has 172 valence electrons. The van der Waals surface area contributed by atoms with Gasteiger partial charge in [-0.05, 0) is 64.7 Å². The van der Waals surface area contributed by atoms with Crippen LogP contribution in [0.25, 0.3) is 10.8 Å². The molecule has 2 saturated heterocycles. The monoisotopic (exact) mass is 452 g/mol. The topological polar surface area (TPSA) is 43.5 Å². The Labute approximate surface area is 200 Å². The lowest BCUT2D eigenvalue weighted by Crippen LogP contribution is -2.25. The van der Waals surface area contributed by atoms with Gasteiger partial charge < -0.3 is 18.9 Å². The summed E-state index contributed by atoms with van der Waals surface area (Å²) in [5.41, 5.74) is 3.31. The lowest BCUT2D eigenvalue weighted by molar-refractivity contribution is 0.263. The van der Waals surface area contributed by atoms with Crippen molar-refractivity contribution in [3.63, 3.8) is 0 Å². The smallest absolute Gasteiger partial charge is 0.119 e. The van der Waals surface area contributed by atoms with Crippen LogP contribution < -0.4 is 9.47 Å². The molecule has 2 unspecified atom stereocenters. The Balaban J connectivity index is 1.36. The van der Waals surface area contributed by atoms with E-state index in [0.29, 0.717) is 13.2 Å². The number of benzene rings is 4. The highest BCUT2D eigenvalue weighted by Gasteiger charge is 2.32. The molecule has 34 heavy (non-hydrogen) atoms. The summed E-state index contributed by atoms with van der Waals surface area (Å²) in [7, 11) is 0. The van der Waals surface area contributed by atoms with Crippen molar-refractivity contribution < 1.29 is 18.9 Å². The van der Waals surface area contributed by atoms with Crippen LogP contribution >= 0.6 is 0 Å². The van der Waals surface area contributed by atoms with Gasteiger partial charge in [-0.1, -0.05) is 60.7 Å². The van der Waals surface area contributed by atoms with Crippen LogP contribution in [0.4, 0.5) is 0 Å². The number of rotatable bonds is 9. The van der Waals surface area contributed by atoms with Crippen LogP contribution in [0.15, 0.2) is 91.0 Å². The average Bonchev–Trinajstić information content (AvgIpc) is 3.82. The molecule has 4 heteroatoms. The lowest BCUT2D eigenvalue weighted by Gasteiger charge is -2.32. The van der Waals surface area contributed by atoms with Gasteiger partial charge in [0.25, 0.3) is 0 Å². The highest BCUT2D eigenvalue weighted by Crippen LogP contribution is 2.41. The molecule has 2 fully saturated rings. The second-order valence-corrected chi connectivity index (χ2v) is 9.27. The molecular formula is C30H28O4. The second-order valence-electron chi connectivity index (χ2n) is 9.27. The number of hydrogen-bond acceptors (Lipinski definition) is 4. The van der Waals surface area contributed by atoms with Crippen molar-refractivity contribution in [1.82, 2.24) is 0 Å². The van der Waals surface area contributed by atoms with Gasteiger partial charge in [-0.25, -0.2) is 0 Å². The molecule has 0 amide bonds. The molecule has 4 aromatic carbocycles. The first-order valence-corrected chi connectivity index (χ1v) is 11.9. The molecule has 0 saturated carbocycles. The van der Waals surface area contributed by atoms with E-state index in [0.717, 1.165) is 24.7 Å². The normalized spacial score (nSPS) is 20.5. The van der Waals surface area contributed by atoms with Gasteiger partial charge in [-0.2, -0.15) is 0 Å². The largest absolute Gasteiger partial charge is 0.491 e. The van der Waals surface area contributed by atoms with Crippen molar-refractivity contribution in [2.75, 3.05) is 26.4 Å². The number of epoxide rings is 2. The standard InChI is InChI=1S/C30H28O4/c1-30(25-7-6-21-4-2-3-5-22(21)16-25,23-8-12-26(13-9-23)31-17-28-19-33-28)24-10-14-27(15-11-24)32-18-29-20-34-29/h2-16,28-29H,17-20H2,1H3. The van der Waals surface area contributed by atoms with Gasteiger partial charge >= 0.3 is 0 Å². The molecule has 2 atom stereocenters. The van der Waals surface area contributed by atoms with Gasteiger partial charge in [0.05, 0.1) is 13.2 Å². The summed E-state index contributed by atoms with van der Waals surface area (Å²) in [6.07, 6.45) is 0.490. The van der Waals surface area contributed by atoms with Gasteiger partial charge in [-0.3, -0.25) is 0 Å². The molecule has 0 aliphatic carbocycles. The molecular weight excluding hydrogens is 424 g/mol. The van der Waals surface area contributed by atoms with E-state index in [9.17, 15) is 0 Å². The Hall–Kier alpha value is -3.34. The molecule has 2 aliphatic heterocycles. The number of ether oxygens (including phenoxy) is 4. The third-order valence-corrected chi connectivity index (χ3v) is 6.87. The Morgan fingerprint density at radius 3 is 1.62 bits per heavy atom. The summed E-state index contributed by atoms with van der Waals surface area (Å²) in [6.45, 7) is 5.10.